The molecule has 1 aromatic heterocycles. The van der Waals surface area contributed by atoms with Crippen LogP contribution in [0.1, 0.15) is 11.1 Å². The molecule has 0 spiro atoms. The Morgan fingerprint density at radius 1 is 1.20 bits per heavy atom. The minimum atomic E-state index is -5.23. The van der Waals surface area contributed by atoms with E-state index in [9.17, 15) is 23.1 Å². The number of aromatic nitrogens is 1. The molecule has 0 radical (unpaired) electrons. The number of carbonyl (C=O) groups excluding carboxylic acids is 1. The lowest BCUT2D eigenvalue weighted by molar-refractivity contribution is -0.248. The summed E-state index contributed by atoms with van der Waals surface area (Å²) in [5, 5.41) is 10.9. The molecule has 3 aromatic rings. The molecular formula is C21H18F3N3O3. The number of amidine groups is 1. The van der Waals surface area contributed by atoms with E-state index >= 15 is 0 Å². The summed E-state index contributed by atoms with van der Waals surface area (Å²) in [5.41, 5.74) is -1.85. The van der Waals surface area contributed by atoms with E-state index in [4.69, 9.17) is 4.74 Å². The molecular weight excluding hydrogens is 399 g/mol. The van der Waals surface area contributed by atoms with Crippen molar-refractivity contribution in [1.82, 2.24) is 9.88 Å². The Morgan fingerprint density at radius 3 is 2.60 bits per heavy atom. The van der Waals surface area contributed by atoms with E-state index in [1.54, 1.807) is 30.5 Å². The van der Waals surface area contributed by atoms with Crippen molar-refractivity contribution in [2.75, 3.05) is 13.7 Å². The summed E-state index contributed by atoms with van der Waals surface area (Å²) in [5.74, 6) is -1.08. The summed E-state index contributed by atoms with van der Waals surface area (Å²) in [6, 6.07) is 13.4. The third kappa shape index (κ3) is 3.21. The summed E-state index contributed by atoms with van der Waals surface area (Å²) in [6.07, 6.45) is -3.24. The van der Waals surface area contributed by atoms with Crippen molar-refractivity contribution < 1.29 is 27.8 Å². The summed E-state index contributed by atoms with van der Waals surface area (Å²) in [6.45, 7) is -0.0882. The minimum absolute atomic E-state index is 0.0882. The number of aliphatic imine (C=N–C) groups is 1. The number of hydrogen-bond donors (Lipinski definition) is 2. The van der Waals surface area contributed by atoms with E-state index in [1.165, 1.54) is 19.2 Å². The van der Waals surface area contributed by atoms with Gasteiger partial charge in [0.1, 0.15) is 11.6 Å². The number of aliphatic hydroxyl groups is 1. The highest BCUT2D eigenvalue weighted by molar-refractivity contribution is 6.15. The summed E-state index contributed by atoms with van der Waals surface area (Å²) in [7, 11) is 1.54. The van der Waals surface area contributed by atoms with E-state index < -0.39 is 17.8 Å². The standard InChI is InChI=1S/C21H18F3N3O3/c1-30-15-7-8-17-16(11-15)14(12-25-17)9-10-27-18(13-5-3-2-4-6-13)26-20(29,19(27)28)21(22,23)24/h2-8,11-12,25,29H,9-10H2,1H3. The zero-order chi connectivity index (χ0) is 21.5. The van der Waals surface area contributed by atoms with E-state index in [-0.39, 0.29) is 18.8 Å². The van der Waals surface area contributed by atoms with Crippen molar-refractivity contribution in [2.24, 2.45) is 4.99 Å². The lowest BCUT2D eigenvalue weighted by Crippen LogP contribution is -2.52. The van der Waals surface area contributed by atoms with E-state index in [2.05, 4.69) is 9.98 Å². The summed E-state index contributed by atoms with van der Waals surface area (Å²) < 4.78 is 45.5. The molecule has 2 N–H and O–H groups in total. The minimum Gasteiger partial charge on any atom is -0.497 e. The van der Waals surface area contributed by atoms with Gasteiger partial charge in [-0.2, -0.15) is 13.2 Å². The largest absolute Gasteiger partial charge is 0.497 e. The number of methoxy groups -OCH3 is 1. The highest BCUT2D eigenvalue weighted by Crippen LogP contribution is 2.38. The van der Waals surface area contributed by atoms with Gasteiger partial charge in [-0.15, -0.1) is 0 Å². The average Bonchev–Trinajstić information content (AvgIpc) is 3.25. The van der Waals surface area contributed by atoms with Crippen LogP contribution in [0.15, 0.2) is 59.7 Å². The molecule has 4 rings (SSSR count). The molecule has 1 aliphatic rings. The van der Waals surface area contributed by atoms with Crippen LogP contribution < -0.4 is 4.74 Å². The Morgan fingerprint density at radius 2 is 1.93 bits per heavy atom. The summed E-state index contributed by atoms with van der Waals surface area (Å²) in [4.78, 5) is 20.0. The van der Waals surface area contributed by atoms with Crippen molar-refractivity contribution >= 4 is 22.6 Å². The van der Waals surface area contributed by atoms with Crippen molar-refractivity contribution in [3.63, 3.8) is 0 Å². The van der Waals surface area contributed by atoms with Crippen molar-refractivity contribution in [3.05, 3.63) is 65.9 Å². The third-order valence-electron chi connectivity index (χ3n) is 5.07. The molecule has 156 valence electrons. The fourth-order valence-electron chi connectivity index (χ4n) is 3.47. The first-order chi connectivity index (χ1) is 14.2. The Balaban J connectivity index is 1.67. The Kier molecular flexibility index (Phi) is 4.77. The molecule has 0 aliphatic carbocycles. The van der Waals surface area contributed by atoms with Gasteiger partial charge in [0, 0.05) is 29.2 Å². The molecule has 1 atom stereocenters. The quantitative estimate of drug-likeness (QED) is 0.669. The van der Waals surface area contributed by atoms with Gasteiger partial charge in [0.05, 0.1) is 7.11 Å². The van der Waals surface area contributed by atoms with Crippen LogP contribution in [0.2, 0.25) is 0 Å². The van der Waals surface area contributed by atoms with Crippen molar-refractivity contribution in [2.45, 2.75) is 18.3 Å². The first kappa shape index (κ1) is 20.0. The fourth-order valence-corrected chi connectivity index (χ4v) is 3.47. The van der Waals surface area contributed by atoms with Crippen molar-refractivity contribution in [1.29, 1.82) is 0 Å². The number of H-pyrrole nitrogens is 1. The Bertz CT molecular complexity index is 1120. The van der Waals surface area contributed by atoms with E-state index in [0.29, 0.717) is 11.3 Å². The second kappa shape index (κ2) is 7.17. The molecule has 9 heteroatoms. The van der Waals surface area contributed by atoms with Gasteiger partial charge < -0.3 is 14.8 Å². The van der Waals surface area contributed by atoms with E-state index in [1.807, 2.05) is 12.1 Å². The van der Waals surface area contributed by atoms with Gasteiger partial charge in [-0.1, -0.05) is 30.3 Å². The topological polar surface area (TPSA) is 77.9 Å². The SMILES string of the molecule is COc1ccc2[nH]cc(CCN3C(=O)C(O)(C(F)(F)F)N=C3c3ccccc3)c2c1. The molecule has 1 aliphatic heterocycles. The van der Waals surface area contributed by atoms with Crippen LogP contribution >= 0.6 is 0 Å². The maximum absolute atomic E-state index is 13.4. The predicted molar refractivity (Wildman–Crippen MR) is 104 cm³/mol. The number of hydrogen-bond acceptors (Lipinski definition) is 4. The first-order valence-electron chi connectivity index (χ1n) is 9.15. The predicted octanol–water partition coefficient (Wildman–Crippen LogP) is 3.26. The van der Waals surface area contributed by atoms with Gasteiger partial charge >= 0.3 is 11.9 Å². The highest BCUT2D eigenvalue weighted by atomic mass is 19.4. The monoisotopic (exact) mass is 417 g/mol. The van der Waals surface area contributed by atoms with E-state index in [0.717, 1.165) is 21.4 Å². The van der Waals surface area contributed by atoms with Crippen molar-refractivity contribution in [3.8, 4) is 5.75 Å². The second-order valence-electron chi connectivity index (χ2n) is 6.90. The number of halogens is 3. The number of aromatic amines is 1. The zero-order valence-corrected chi connectivity index (χ0v) is 15.9. The molecule has 0 saturated heterocycles. The molecule has 2 aromatic carbocycles. The fraction of sp³-hybridized carbons (Fsp3) is 0.238. The number of benzene rings is 2. The number of rotatable bonds is 5. The Labute approximate surface area is 169 Å². The van der Waals surface area contributed by atoms with Crippen LogP contribution in [-0.2, 0) is 11.2 Å². The molecule has 0 saturated carbocycles. The zero-order valence-electron chi connectivity index (χ0n) is 15.9. The van der Waals surface area contributed by atoms with Crippen LogP contribution in [0.25, 0.3) is 10.9 Å². The number of amides is 1. The number of alkyl halides is 3. The lowest BCUT2D eigenvalue weighted by Gasteiger charge is -2.23. The highest BCUT2D eigenvalue weighted by Gasteiger charge is 2.65. The average molecular weight is 417 g/mol. The molecule has 1 unspecified atom stereocenters. The smallest absolute Gasteiger partial charge is 0.448 e. The normalized spacial score (nSPS) is 19.4. The number of nitrogens with zero attached hydrogens (tertiary/aromatic N) is 2. The van der Waals surface area contributed by atoms with Gasteiger partial charge in [-0.3, -0.25) is 9.69 Å². The maximum Gasteiger partial charge on any atom is 0.448 e. The summed E-state index contributed by atoms with van der Waals surface area (Å²) >= 11 is 0. The number of carbonyl (C=O) groups is 1. The van der Waals surface area contributed by atoms with Crippen LogP contribution in [0, 0.1) is 0 Å². The number of ether oxygens (including phenoxy) is 1. The van der Waals surface area contributed by atoms with Crippen LogP contribution in [-0.4, -0.2) is 52.3 Å². The van der Waals surface area contributed by atoms with Gasteiger partial charge in [0.15, 0.2) is 0 Å². The molecule has 2 heterocycles. The molecule has 1 amide bonds. The second-order valence-corrected chi connectivity index (χ2v) is 6.90. The molecule has 0 fully saturated rings. The number of fused-ring (bicyclic) bond motifs is 1. The molecule has 0 bridgehead atoms. The van der Waals surface area contributed by atoms with Crippen LogP contribution in [0.5, 0.6) is 5.75 Å². The number of nitrogens with one attached hydrogen (secondary N) is 1. The maximum atomic E-state index is 13.4. The van der Waals surface area contributed by atoms with Gasteiger partial charge in [-0.25, -0.2) is 4.99 Å². The molecule has 6 nitrogen and oxygen atoms in total. The van der Waals surface area contributed by atoms with Crippen LogP contribution in [0.3, 0.4) is 0 Å². The van der Waals surface area contributed by atoms with Gasteiger partial charge in [0.25, 0.3) is 5.91 Å². The first-order valence-corrected chi connectivity index (χ1v) is 9.15. The third-order valence-corrected chi connectivity index (χ3v) is 5.07. The molecule has 30 heavy (non-hydrogen) atoms. The van der Waals surface area contributed by atoms with Gasteiger partial charge in [-0.05, 0) is 30.2 Å². The van der Waals surface area contributed by atoms with Gasteiger partial charge in [0.2, 0.25) is 0 Å². The van der Waals surface area contributed by atoms with Crippen LogP contribution in [0.4, 0.5) is 13.2 Å². The lowest BCUT2D eigenvalue weighted by atomic mass is 10.1. The Hall–Kier alpha value is -3.33.